The number of amides is 1. The summed E-state index contributed by atoms with van der Waals surface area (Å²) in [6.45, 7) is 3.67. The summed E-state index contributed by atoms with van der Waals surface area (Å²) >= 11 is 1.79. The van der Waals surface area contributed by atoms with Gasteiger partial charge in [-0.2, -0.15) is 0 Å². The van der Waals surface area contributed by atoms with Gasteiger partial charge in [0.25, 0.3) is 0 Å². The molecule has 0 N–H and O–H groups in total. The van der Waals surface area contributed by atoms with E-state index in [0.29, 0.717) is 5.92 Å². The van der Waals surface area contributed by atoms with Crippen LogP contribution in [0.25, 0.3) is 16.3 Å². The number of aromatic nitrogens is 1. The lowest BCUT2D eigenvalue weighted by molar-refractivity contribution is -0.126. The molecule has 2 aromatic carbocycles. The van der Waals surface area contributed by atoms with Crippen LogP contribution >= 0.6 is 11.3 Å². The Morgan fingerprint density at radius 3 is 2.62 bits per heavy atom. The smallest absolute Gasteiger partial charge is 0.246 e. The minimum atomic E-state index is 0.107. The third kappa shape index (κ3) is 3.56. The van der Waals surface area contributed by atoms with Crippen LogP contribution in [0.5, 0.6) is 0 Å². The maximum atomic E-state index is 12.5. The normalized spacial score (nSPS) is 15.8. The second kappa shape index (κ2) is 7.42. The Labute approximate surface area is 158 Å². The summed E-state index contributed by atoms with van der Waals surface area (Å²) in [5.74, 6) is 0.577. The Kier molecular flexibility index (Phi) is 4.85. The average molecular weight is 362 g/mol. The van der Waals surface area contributed by atoms with Gasteiger partial charge in [0.1, 0.15) is 0 Å². The van der Waals surface area contributed by atoms with Gasteiger partial charge in [-0.25, -0.2) is 4.98 Å². The number of carbonyl (C=O) groups is 1. The van der Waals surface area contributed by atoms with Crippen LogP contribution in [0.1, 0.15) is 34.9 Å². The molecule has 0 unspecified atom stereocenters. The van der Waals surface area contributed by atoms with E-state index in [1.165, 1.54) is 15.3 Å². The minimum Gasteiger partial charge on any atom is -0.339 e. The number of hydrogen-bond acceptors (Lipinski definition) is 3. The molecule has 0 radical (unpaired) electrons. The number of aryl methyl sites for hydroxylation is 1. The highest BCUT2D eigenvalue weighted by molar-refractivity contribution is 7.18. The molecule has 4 rings (SSSR count). The van der Waals surface area contributed by atoms with Crippen LogP contribution in [0.3, 0.4) is 0 Å². The highest BCUT2D eigenvalue weighted by Crippen LogP contribution is 2.33. The van der Waals surface area contributed by atoms with Gasteiger partial charge in [-0.15, -0.1) is 11.3 Å². The van der Waals surface area contributed by atoms with Crippen LogP contribution in [0, 0.1) is 6.92 Å². The highest BCUT2D eigenvalue weighted by atomic mass is 32.1. The number of nitrogens with zero attached hydrogens (tertiary/aromatic N) is 2. The fourth-order valence-corrected chi connectivity index (χ4v) is 4.59. The first-order chi connectivity index (χ1) is 12.7. The molecule has 132 valence electrons. The second-order valence-corrected chi connectivity index (χ2v) is 7.87. The van der Waals surface area contributed by atoms with Gasteiger partial charge in [0.05, 0.1) is 15.2 Å². The maximum Gasteiger partial charge on any atom is 0.246 e. The molecule has 1 amide bonds. The molecule has 0 spiro atoms. The zero-order chi connectivity index (χ0) is 17.9. The summed E-state index contributed by atoms with van der Waals surface area (Å²) in [6, 6.07) is 16.4. The van der Waals surface area contributed by atoms with Crippen LogP contribution < -0.4 is 0 Å². The molecular weight excluding hydrogens is 340 g/mol. The number of rotatable bonds is 3. The Hall–Kier alpha value is -2.46. The molecule has 0 aliphatic carbocycles. The van der Waals surface area contributed by atoms with Crippen LogP contribution in [0.4, 0.5) is 0 Å². The van der Waals surface area contributed by atoms with E-state index in [1.54, 1.807) is 17.4 Å². The molecule has 0 atom stereocenters. The lowest BCUT2D eigenvalue weighted by Crippen LogP contribution is -2.36. The summed E-state index contributed by atoms with van der Waals surface area (Å²) in [7, 11) is 0. The van der Waals surface area contributed by atoms with Crippen LogP contribution in [-0.4, -0.2) is 28.9 Å². The van der Waals surface area contributed by atoms with Crippen LogP contribution in [-0.2, 0) is 4.79 Å². The third-order valence-electron chi connectivity index (χ3n) is 5.06. The monoisotopic (exact) mass is 362 g/mol. The Balaban J connectivity index is 1.38. The molecule has 0 saturated carbocycles. The van der Waals surface area contributed by atoms with Crippen molar-refractivity contribution < 1.29 is 4.79 Å². The fourth-order valence-electron chi connectivity index (χ4n) is 3.45. The van der Waals surface area contributed by atoms with Gasteiger partial charge in [-0.1, -0.05) is 36.4 Å². The van der Waals surface area contributed by atoms with E-state index in [-0.39, 0.29) is 5.91 Å². The predicted octanol–water partition coefficient (Wildman–Crippen LogP) is 5.02. The van der Waals surface area contributed by atoms with Crippen LogP contribution in [0.15, 0.2) is 54.6 Å². The summed E-state index contributed by atoms with van der Waals surface area (Å²) in [5.41, 5.74) is 3.38. The van der Waals surface area contributed by atoms with Crippen molar-refractivity contribution in [3.05, 3.63) is 70.7 Å². The zero-order valence-electron chi connectivity index (χ0n) is 14.9. The standard InChI is InChI=1S/C22H22N2OS/c1-16-6-2-3-7-17(16)10-11-21(25)24-14-12-18(13-15-24)22-23-19-8-4-5-9-20(19)26-22/h2-11,18H,12-15H2,1H3/b11-10+. The number of fused-ring (bicyclic) bond motifs is 1. The van der Waals surface area contributed by atoms with Gasteiger partial charge < -0.3 is 4.90 Å². The molecule has 4 heteroatoms. The average Bonchev–Trinajstić information content (AvgIpc) is 3.11. The molecule has 26 heavy (non-hydrogen) atoms. The molecule has 3 nitrogen and oxygen atoms in total. The number of likely N-dealkylation sites (tertiary alicyclic amines) is 1. The van der Waals surface area contributed by atoms with E-state index in [4.69, 9.17) is 4.98 Å². The number of benzene rings is 2. The lowest BCUT2D eigenvalue weighted by Gasteiger charge is -2.30. The van der Waals surface area contributed by atoms with Gasteiger partial charge >= 0.3 is 0 Å². The van der Waals surface area contributed by atoms with Gasteiger partial charge in [0, 0.05) is 25.1 Å². The first kappa shape index (κ1) is 17.0. The van der Waals surface area contributed by atoms with Gasteiger partial charge in [0.2, 0.25) is 5.91 Å². The number of piperidine rings is 1. The summed E-state index contributed by atoms with van der Waals surface area (Å²) in [6.07, 6.45) is 5.62. The zero-order valence-corrected chi connectivity index (χ0v) is 15.7. The lowest BCUT2D eigenvalue weighted by atomic mass is 9.97. The molecule has 1 saturated heterocycles. The van der Waals surface area contributed by atoms with E-state index in [2.05, 4.69) is 31.2 Å². The van der Waals surface area contributed by atoms with Crippen molar-refractivity contribution in [2.45, 2.75) is 25.7 Å². The minimum absolute atomic E-state index is 0.107. The molecule has 1 fully saturated rings. The summed E-state index contributed by atoms with van der Waals surface area (Å²) in [5, 5.41) is 1.22. The van der Waals surface area contributed by atoms with E-state index in [9.17, 15) is 4.79 Å². The number of carbonyl (C=O) groups excluding carboxylic acids is 1. The maximum absolute atomic E-state index is 12.5. The molecular formula is C22H22N2OS. The number of para-hydroxylation sites is 1. The van der Waals surface area contributed by atoms with E-state index >= 15 is 0 Å². The molecule has 1 aromatic heterocycles. The predicted molar refractivity (Wildman–Crippen MR) is 108 cm³/mol. The Bertz CT molecular complexity index is 918. The highest BCUT2D eigenvalue weighted by Gasteiger charge is 2.25. The van der Waals surface area contributed by atoms with Gasteiger partial charge in [0.15, 0.2) is 0 Å². The molecule has 1 aliphatic heterocycles. The van der Waals surface area contributed by atoms with Gasteiger partial charge in [-0.3, -0.25) is 4.79 Å². The van der Waals surface area contributed by atoms with Crippen molar-refractivity contribution in [2.24, 2.45) is 0 Å². The van der Waals surface area contributed by atoms with Crippen molar-refractivity contribution in [1.82, 2.24) is 9.88 Å². The van der Waals surface area contributed by atoms with E-state index < -0.39 is 0 Å². The SMILES string of the molecule is Cc1ccccc1/C=C/C(=O)N1CCC(c2nc3ccccc3s2)CC1. The molecule has 1 aliphatic rings. The summed E-state index contributed by atoms with van der Waals surface area (Å²) in [4.78, 5) is 19.2. The van der Waals surface area contributed by atoms with E-state index in [1.807, 2.05) is 35.2 Å². The molecule has 0 bridgehead atoms. The Morgan fingerprint density at radius 2 is 1.85 bits per heavy atom. The van der Waals surface area contributed by atoms with Crippen LogP contribution in [0.2, 0.25) is 0 Å². The third-order valence-corrected chi connectivity index (χ3v) is 6.26. The summed E-state index contributed by atoms with van der Waals surface area (Å²) < 4.78 is 1.25. The number of hydrogen-bond donors (Lipinski definition) is 0. The fraction of sp³-hybridized carbons (Fsp3) is 0.273. The molecule has 2 heterocycles. The van der Waals surface area contributed by atoms with Gasteiger partial charge in [-0.05, 0) is 49.1 Å². The first-order valence-electron chi connectivity index (χ1n) is 9.09. The van der Waals surface area contributed by atoms with Crippen molar-refractivity contribution in [3.8, 4) is 0 Å². The van der Waals surface area contributed by atoms with Crippen molar-refractivity contribution in [1.29, 1.82) is 0 Å². The number of thiazole rings is 1. The van der Waals surface area contributed by atoms with Crippen molar-refractivity contribution in [3.63, 3.8) is 0 Å². The second-order valence-electron chi connectivity index (χ2n) is 6.81. The first-order valence-corrected chi connectivity index (χ1v) is 9.90. The largest absolute Gasteiger partial charge is 0.339 e. The topological polar surface area (TPSA) is 33.2 Å². The van der Waals surface area contributed by atoms with Crippen molar-refractivity contribution in [2.75, 3.05) is 13.1 Å². The van der Waals surface area contributed by atoms with Crippen molar-refractivity contribution >= 4 is 33.5 Å². The van der Waals surface area contributed by atoms with E-state index in [0.717, 1.165) is 37.0 Å². The molecule has 3 aromatic rings. The quantitative estimate of drug-likeness (QED) is 0.613. The Morgan fingerprint density at radius 1 is 1.12 bits per heavy atom.